The minimum Gasteiger partial charge on any atom is -0.143 e. The Morgan fingerprint density at radius 1 is 0.567 bits per heavy atom. The lowest BCUT2D eigenvalue weighted by molar-refractivity contribution is 0.517. The third-order valence-corrected chi connectivity index (χ3v) is 11.8. The van der Waals surface area contributed by atoms with Crippen molar-refractivity contribution in [2.45, 2.75) is 32.6 Å². The fourth-order valence-electron chi connectivity index (χ4n) is 3.24. The van der Waals surface area contributed by atoms with Gasteiger partial charge >= 0.3 is 0 Å². The van der Waals surface area contributed by atoms with Gasteiger partial charge in [0.25, 0.3) is 0 Å². The van der Waals surface area contributed by atoms with Crippen molar-refractivity contribution in [1.29, 1.82) is 0 Å². The molecule has 0 fully saturated rings. The summed E-state index contributed by atoms with van der Waals surface area (Å²) in [6, 6.07) is 22.6. The van der Waals surface area contributed by atoms with Crippen molar-refractivity contribution in [2.75, 3.05) is 0 Å². The maximum absolute atomic E-state index is 2.34. The standard InChI is InChI=1S/C25H22S5/c1-4-25(2,3)24-14-13-23(30-24)22-12-11-21(29-22)20-10-9-19(28-20)18-8-7-17(27-18)16-6-5-15-26-16/h5-15H,4H2,1-3H3. The summed E-state index contributed by atoms with van der Waals surface area (Å²) >= 11 is 9.45. The van der Waals surface area contributed by atoms with Gasteiger partial charge in [-0.3, -0.25) is 0 Å². The van der Waals surface area contributed by atoms with E-state index in [0.29, 0.717) is 0 Å². The molecule has 0 atom stereocenters. The second-order valence-electron chi connectivity index (χ2n) is 7.87. The van der Waals surface area contributed by atoms with Gasteiger partial charge in [0, 0.05) is 43.9 Å². The molecule has 0 saturated heterocycles. The Balaban J connectivity index is 1.38. The minimum atomic E-state index is 0.258. The van der Waals surface area contributed by atoms with Gasteiger partial charge in [-0.15, -0.1) is 56.7 Å². The van der Waals surface area contributed by atoms with Crippen molar-refractivity contribution in [1.82, 2.24) is 0 Å². The zero-order chi connectivity index (χ0) is 20.7. The Kier molecular flexibility index (Phi) is 5.58. The molecule has 5 rings (SSSR count). The monoisotopic (exact) mass is 482 g/mol. The van der Waals surface area contributed by atoms with Crippen LogP contribution in [0.2, 0.25) is 0 Å². The first-order valence-electron chi connectivity index (χ1n) is 9.98. The van der Waals surface area contributed by atoms with E-state index in [1.54, 1.807) is 0 Å². The van der Waals surface area contributed by atoms with E-state index < -0.39 is 0 Å². The topological polar surface area (TPSA) is 0 Å². The van der Waals surface area contributed by atoms with Crippen LogP contribution in [-0.2, 0) is 5.41 Å². The molecular weight excluding hydrogens is 461 g/mol. The van der Waals surface area contributed by atoms with Crippen LogP contribution in [0.15, 0.2) is 66.0 Å². The smallest absolute Gasteiger partial charge is 0.0449 e. The molecule has 5 heteroatoms. The molecule has 0 nitrogen and oxygen atoms in total. The third-order valence-electron chi connectivity index (χ3n) is 5.47. The molecule has 152 valence electrons. The molecule has 0 spiro atoms. The second kappa shape index (κ2) is 8.21. The largest absolute Gasteiger partial charge is 0.143 e. The van der Waals surface area contributed by atoms with Crippen LogP contribution < -0.4 is 0 Å². The van der Waals surface area contributed by atoms with Crippen molar-refractivity contribution < 1.29 is 0 Å². The highest BCUT2D eigenvalue weighted by Crippen LogP contribution is 2.45. The molecule has 0 aliphatic rings. The van der Waals surface area contributed by atoms with Crippen LogP contribution in [0.3, 0.4) is 0 Å². The van der Waals surface area contributed by atoms with Crippen LogP contribution in [-0.4, -0.2) is 0 Å². The number of thiophene rings is 5. The average Bonchev–Trinajstić information content (AvgIpc) is 3.55. The normalized spacial score (nSPS) is 12.0. The zero-order valence-electron chi connectivity index (χ0n) is 17.1. The second-order valence-corrected chi connectivity index (χ2v) is 13.2. The van der Waals surface area contributed by atoms with E-state index in [1.165, 1.54) is 43.9 Å². The Morgan fingerprint density at radius 3 is 1.43 bits per heavy atom. The lowest BCUT2D eigenvalue weighted by Crippen LogP contribution is -2.12. The van der Waals surface area contributed by atoms with Gasteiger partial charge in [0.2, 0.25) is 0 Å². The summed E-state index contributed by atoms with van der Waals surface area (Å²) in [7, 11) is 0. The zero-order valence-corrected chi connectivity index (χ0v) is 21.2. The van der Waals surface area contributed by atoms with E-state index >= 15 is 0 Å². The molecule has 0 amide bonds. The fraction of sp³-hybridized carbons (Fsp3) is 0.200. The van der Waals surface area contributed by atoms with E-state index in [9.17, 15) is 0 Å². The van der Waals surface area contributed by atoms with E-state index in [4.69, 9.17) is 0 Å². The molecule has 0 aromatic carbocycles. The van der Waals surface area contributed by atoms with Crippen molar-refractivity contribution in [3.05, 3.63) is 70.9 Å². The van der Waals surface area contributed by atoms with E-state index in [1.807, 2.05) is 56.7 Å². The predicted molar refractivity (Wildman–Crippen MR) is 141 cm³/mol. The van der Waals surface area contributed by atoms with Crippen LogP contribution in [0.4, 0.5) is 0 Å². The summed E-state index contributed by atoms with van der Waals surface area (Å²) in [5, 5.41) is 2.14. The van der Waals surface area contributed by atoms with E-state index in [2.05, 4.69) is 86.8 Å². The first-order chi connectivity index (χ1) is 14.5. The average molecular weight is 483 g/mol. The third kappa shape index (κ3) is 3.90. The van der Waals surface area contributed by atoms with Crippen LogP contribution in [0.5, 0.6) is 0 Å². The lowest BCUT2D eigenvalue weighted by atomic mass is 9.89. The minimum absolute atomic E-state index is 0.258. The molecular formula is C25H22S5. The van der Waals surface area contributed by atoms with Gasteiger partial charge in [-0.25, -0.2) is 0 Å². The molecule has 30 heavy (non-hydrogen) atoms. The summed E-state index contributed by atoms with van der Waals surface area (Å²) in [6.07, 6.45) is 1.16. The summed E-state index contributed by atoms with van der Waals surface area (Å²) in [6.45, 7) is 6.95. The summed E-state index contributed by atoms with van der Waals surface area (Å²) in [4.78, 5) is 12.4. The van der Waals surface area contributed by atoms with Crippen LogP contribution in [0.1, 0.15) is 32.1 Å². The number of rotatable bonds is 6. The van der Waals surface area contributed by atoms with Gasteiger partial charge in [0.05, 0.1) is 0 Å². The first kappa shape index (κ1) is 20.4. The van der Waals surface area contributed by atoms with Gasteiger partial charge in [-0.2, -0.15) is 0 Å². The van der Waals surface area contributed by atoms with E-state index in [0.717, 1.165) is 6.42 Å². The fourth-order valence-corrected chi connectivity index (χ4v) is 8.54. The van der Waals surface area contributed by atoms with Gasteiger partial charge in [0.1, 0.15) is 0 Å². The summed E-state index contributed by atoms with van der Waals surface area (Å²) in [5.41, 5.74) is 0.258. The van der Waals surface area contributed by atoms with Gasteiger partial charge < -0.3 is 0 Å². The van der Waals surface area contributed by atoms with Crippen molar-refractivity contribution >= 4 is 56.7 Å². The highest BCUT2D eigenvalue weighted by atomic mass is 32.1. The van der Waals surface area contributed by atoms with Gasteiger partial charge in [-0.1, -0.05) is 26.8 Å². The molecule has 5 aromatic heterocycles. The molecule has 5 heterocycles. The first-order valence-corrected chi connectivity index (χ1v) is 14.1. The maximum atomic E-state index is 2.34. The molecule has 0 aliphatic carbocycles. The van der Waals surface area contributed by atoms with Crippen molar-refractivity contribution in [2.24, 2.45) is 0 Å². The maximum Gasteiger partial charge on any atom is 0.0449 e. The molecule has 0 N–H and O–H groups in total. The highest BCUT2D eigenvalue weighted by Gasteiger charge is 2.21. The van der Waals surface area contributed by atoms with Crippen LogP contribution >= 0.6 is 56.7 Å². The number of hydrogen-bond donors (Lipinski definition) is 0. The van der Waals surface area contributed by atoms with Gasteiger partial charge in [-0.05, 0) is 71.8 Å². The number of hydrogen-bond acceptors (Lipinski definition) is 5. The highest BCUT2D eigenvalue weighted by molar-refractivity contribution is 7.29. The summed E-state index contributed by atoms with van der Waals surface area (Å²) < 4.78 is 0. The Hall–Kier alpha value is -1.50. The van der Waals surface area contributed by atoms with Crippen LogP contribution in [0, 0.1) is 0 Å². The SMILES string of the molecule is CCC(C)(C)c1ccc(-c2ccc(-c3ccc(-c4ccc(-c5cccs5)s4)s3)s2)s1. The Morgan fingerprint density at radius 2 is 1.00 bits per heavy atom. The summed E-state index contributed by atoms with van der Waals surface area (Å²) in [5.74, 6) is 0. The molecule has 0 aliphatic heterocycles. The Bertz CT molecular complexity index is 1260. The van der Waals surface area contributed by atoms with Crippen LogP contribution in [0.25, 0.3) is 39.0 Å². The predicted octanol–water partition coefficient (Wildman–Crippen LogP) is 10.3. The Labute approximate surface area is 198 Å². The van der Waals surface area contributed by atoms with E-state index in [-0.39, 0.29) is 5.41 Å². The molecule has 0 bridgehead atoms. The molecule has 5 aromatic rings. The van der Waals surface area contributed by atoms with Crippen molar-refractivity contribution in [3.63, 3.8) is 0 Å². The molecule has 0 radical (unpaired) electrons. The van der Waals surface area contributed by atoms with Gasteiger partial charge in [0.15, 0.2) is 0 Å². The molecule has 0 unspecified atom stereocenters. The van der Waals surface area contributed by atoms with Crippen molar-refractivity contribution in [3.8, 4) is 39.0 Å². The molecule has 0 saturated carbocycles. The lowest BCUT2D eigenvalue weighted by Gasteiger charge is -2.20. The quantitative estimate of drug-likeness (QED) is 0.226.